The topological polar surface area (TPSA) is 52.6 Å². The number of hydrogen-bond acceptors (Lipinski definition) is 4. The van der Waals surface area contributed by atoms with Gasteiger partial charge in [0.25, 0.3) is 6.29 Å². The van der Waals surface area contributed by atoms with Crippen LogP contribution in [0.15, 0.2) is 30.3 Å². The Morgan fingerprint density at radius 3 is 2.00 bits per heavy atom. The molecule has 0 fully saturated rings. The van der Waals surface area contributed by atoms with Gasteiger partial charge in [0.2, 0.25) is 0 Å². The Labute approximate surface area is 132 Å². The van der Waals surface area contributed by atoms with Crippen molar-refractivity contribution in [2.75, 3.05) is 0 Å². The first-order valence-electron chi connectivity index (χ1n) is 7.44. The minimum absolute atomic E-state index is 0.00774. The molecule has 0 aromatic heterocycles. The zero-order chi connectivity index (χ0) is 17.0. The van der Waals surface area contributed by atoms with Gasteiger partial charge in [-0.05, 0) is 25.7 Å². The summed E-state index contributed by atoms with van der Waals surface area (Å²) in [4.78, 5) is 23.8. The number of carbonyl (C=O) groups is 2. The van der Waals surface area contributed by atoms with Gasteiger partial charge in [-0.2, -0.15) is 0 Å². The number of benzene rings is 1. The van der Waals surface area contributed by atoms with Crippen LogP contribution in [0, 0.1) is 10.8 Å². The summed E-state index contributed by atoms with van der Waals surface area (Å²) in [6.07, 6.45) is -0.342. The Bertz CT molecular complexity index is 512. The standard InChI is InChI=1S/C18H26O4/c1-13(19)21-15(14-10-8-7-9-11-14)22-16(20)18(5,6)12-17(2,3)4/h7-11,15H,12H2,1-6H3. The molecule has 1 rings (SSSR count). The molecule has 0 saturated carbocycles. The van der Waals surface area contributed by atoms with Crippen molar-refractivity contribution in [3.63, 3.8) is 0 Å². The molecule has 1 unspecified atom stereocenters. The Hall–Kier alpha value is -1.84. The molecule has 4 heteroatoms. The van der Waals surface area contributed by atoms with Crippen LogP contribution in [-0.4, -0.2) is 11.9 Å². The highest BCUT2D eigenvalue weighted by Gasteiger charge is 2.36. The zero-order valence-corrected chi connectivity index (χ0v) is 14.3. The molecule has 0 amide bonds. The van der Waals surface area contributed by atoms with Gasteiger partial charge in [-0.15, -0.1) is 0 Å². The number of ether oxygens (including phenoxy) is 2. The molecule has 0 saturated heterocycles. The third kappa shape index (κ3) is 5.88. The summed E-state index contributed by atoms with van der Waals surface area (Å²) >= 11 is 0. The van der Waals surface area contributed by atoms with E-state index in [0.29, 0.717) is 12.0 Å². The second kappa shape index (κ2) is 6.95. The van der Waals surface area contributed by atoms with E-state index < -0.39 is 17.7 Å². The van der Waals surface area contributed by atoms with Crippen molar-refractivity contribution in [3.05, 3.63) is 35.9 Å². The summed E-state index contributed by atoms with van der Waals surface area (Å²) in [6.45, 7) is 11.2. The molecule has 0 bridgehead atoms. The molecule has 0 heterocycles. The van der Waals surface area contributed by atoms with Crippen molar-refractivity contribution in [2.45, 2.75) is 54.3 Å². The third-order valence-corrected chi connectivity index (χ3v) is 3.08. The first-order valence-corrected chi connectivity index (χ1v) is 7.44. The van der Waals surface area contributed by atoms with Gasteiger partial charge in [-0.1, -0.05) is 51.1 Å². The molecule has 4 nitrogen and oxygen atoms in total. The molecule has 1 atom stereocenters. The Kier molecular flexibility index (Phi) is 5.75. The minimum atomic E-state index is -1.01. The molecule has 0 aliphatic rings. The fourth-order valence-electron chi connectivity index (χ4n) is 2.58. The molecule has 0 N–H and O–H groups in total. The van der Waals surface area contributed by atoms with Crippen molar-refractivity contribution < 1.29 is 19.1 Å². The number of rotatable bonds is 5. The Morgan fingerprint density at radius 2 is 1.55 bits per heavy atom. The van der Waals surface area contributed by atoms with Gasteiger partial charge in [-0.3, -0.25) is 9.59 Å². The highest BCUT2D eigenvalue weighted by molar-refractivity contribution is 5.76. The summed E-state index contributed by atoms with van der Waals surface area (Å²) < 4.78 is 10.6. The molecule has 0 aliphatic heterocycles. The van der Waals surface area contributed by atoms with Crippen LogP contribution in [0.1, 0.15) is 59.8 Å². The van der Waals surface area contributed by atoms with Crippen molar-refractivity contribution in [1.82, 2.24) is 0 Å². The second-order valence-electron chi connectivity index (χ2n) is 7.38. The van der Waals surface area contributed by atoms with E-state index in [1.165, 1.54) is 6.92 Å². The van der Waals surface area contributed by atoms with Crippen LogP contribution in [-0.2, 0) is 19.1 Å². The minimum Gasteiger partial charge on any atom is -0.421 e. The molecule has 1 aromatic rings. The third-order valence-electron chi connectivity index (χ3n) is 3.08. The van der Waals surface area contributed by atoms with Crippen LogP contribution in [0.4, 0.5) is 0 Å². The fourth-order valence-corrected chi connectivity index (χ4v) is 2.58. The van der Waals surface area contributed by atoms with Crippen molar-refractivity contribution >= 4 is 11.9 Å². The smallest absolute Gasteiger partial charge is 0.314 e. The maximum absolute atomic E-state index is 12.5. The predicted octanol–water partition coefficient (Wildman–Crippen LogP) is 4.25. The zero-order valence-electron chi connectivity index (χ0n) is 14.3. The van der Waals surface area contributed by atoms with Gasteiger partial charge in [0.05, 0.1) is 5.41 Å². The summed E-state index contributed by atoms with van der Waals surface area (Å²) in [7, 11) is 0. The molecular weight excluding hydrogens is 280 g/mol. The van der Waals surface area contributed by atoms with E-state index in [0.717, 1.165) is 0 Å². The second-order valence-corrected chi connectivity index (χ2v) is 7.38. The monoisotopic (exact) mass is 306 g/mol. The van der Waals surface area contributed by atoms with E-state index in [-0.39, 0.29) is 11.4 Å². The van der Waals surface area contributed by atoms with Crippen molar-refractivity contribution in [2.24, 2.45) is 10.8 Å². The van der Waals surface area contributed by atoms with Gasteiger partial charge >= 0.3 is 11.9 Å². The number of carbonyl (C=O) groups excluding carboxylic acids is 2. The fraction of sp³-hybridized carbons (Fsp3) is 0.556. The summed E-state index contributed by atoms with van der Waals surface area (Å²) in [5, 5.41) is 0. The van der Waals surface area contributed by atoms with Crippen molar-refractivity contribution in [1.29, 1.82) is 0 Å². The number of hydrogen-bond donors (Lipinski definition) is 0. The molecule has 0 aliphatic carbocycles. The van der Waals surface area contributed by atoms with Gasteiger partial charge in [0.1, 0.15) is 0 Å². The summed E-state index contributed by atoms with van der Waals surface area (Å²) in [6, 6.07) is 8.98. The largest absolute Gasteiger partial charge is 0.421 e. The van der Waals surface area contributed by atoms with Gasteiger partial charge in [0, 0.05) is 12.5 Å². The van der Waals surface area contributed by atoms with E-state index in [2.05, 4.69) is 20.8 Å². The van der Waals surface area contributed by atoms with Crippen LogP contribution < -0.4 is 0 Å². The predicted molar refractivity (Wildman–Crippen MR) is 84.9 cm³/mol. The van der Waals surface area contributed by atoms with Crippen LogP contribution in [0.25, 0.3) is 0 Å². The maximum atomic E-state index is 12.5. The molecule has 0 spiro atoms. The van der Waals surface area contributed by atoms with Gasteiger partial charge in [-0.25, -0.2) is 0 Å². The Morgan fingerprint density at radius 1 is 1.00 bits per heavy atom. The quantitative estimate of drug-likeness (QED) is 0.602. The van der Waals surface area contributed by atoms with Crippen LogP contribution >= 0.6 is 0 Å². The lowest BCUT2D eigenvalue weighted by Gasteiger charge is -2.31. The normalized spacial score (nSPS) is 13.4. The average molecular weight is 306 g/mol. The van der Waals surface area contributed by atoms with E-state index >= 15 is 0 Å². The van der Waals surface area contributed by atoms with Crippen LogP contribution in [0.5, 0.6) is 0 Å². The lowest BCUT2D eigenvalue weighted by Crippen LogP contribution is -2.33. The van der Waals surface area contributed by atoms with E-state index in [4.69, 9.17) is 9.47 Å². The molecule has 0 radical (unpaired) electrons. The Balaban J connectivity index is 2.90. The van der Waals surface area contributed by atoms with E-state index in [1.54, 1.807) is 24.3 Å². The first-order chi connectivity index (χ1) is 10.0. The highest BCUT2D eigenvalue weighted by Crippen LogP contribution is 2.35. The number of esters is 2. The SMILES string of the molecule is CC(=O)OC(OC(=O)C(C)(C)CC(C)(C)C)c1ccccc1. The first kappa shape index (κ1) is 18.2. The summed E-state index contributed by atoms with van der Waals surface area (Å²) in [5.41, 5.74) is -0.0323. The van der Waals surface area contributed by atoms with Crippen LogP contribution in [0.3, 0.4) is 0 Å². The van der Waals surface area contributed by atoms with Gasteiger partial charge in [0.15, 0.2) is 0 Å². The molecule has 22 heavy (non-hydrogen) atoms. The van der Waals surface area contributed by atoms with E-state index in [9.17, 15) is 9.59 Å². The lowest BCUT2D eigenvalue weighted by molar-refractivity contribution is -0.196. The maximum Gasteiger partial charge on any atom is 0.314 e. The van der Waals surface area contributed by atoms with Gasteiger partial charge < -0.3 is 9.47 Å². The summed E-state index contributed by atoms with van der Waals surface area (Å²) in [5.74, 6) is -0.868. The lowest BCUT2D eigenvalue weighted by atomic mass is 9.76. The molecular formula is C18H26O4. The average Bonchev–Trinajstić information content (AvgIpc) is 2.35. The van der Waals surface area contributed by atoms with Crippen molar-refractivity contribution in [3.8, 4) is 0 Å². The molecule has 122 valence electrons. The highest BCUT2D eigenvalue weighted by atomic mass is 16.7. The van der Waals surface area contributed by atoms with Crippen LogP contribution in [0.2, 0.25) is 0 Å². The molecule has 1 aromatic carbocycles. The van der Waals surface area contributed by atoms with E-state index in [1.807, 2.05) is 19.9 Å².